The van der Waals surface area contributed by atoms with Crippen LogP contribution in [-0.2, 0) is 4.79 Å². The molecule has 2 aromatic rings. The van der Waals surface area contributed by atoms with Crippen LogP contribution in [0.5, 0.6) is 11.5 Å². The Bertz CT molecular complexity index is 1370. The van der Waals surface area contributed by atoms with E-state index in [1.54, 1.807) is 24.3 Å². The molecule has 0 aromatic heterocycles. The smallest absolute Gasteiger partial charge is 0.460 e. The number of hydrogen-bond donors (Lipinski definition) is 0. The normalized spacial score (nSPS) is 14.2. The van der Waals surface area contributed by atoms with Gasteiger partial charge in [-0.3, -0.25) is 4.79 Å². The second kappa shape index (κ2) is 12.5. The average Bonchev–Trinajstić information content (AvgIpc) is 2.94. The maximum absolute atomic E-state index is 14.0. The van der Waals surface area contributed by atoms with Crippen LogP contribution >= 0.6 is 0 Å². The van der Waals surface area contributed by atoms with E-state index in [0.29, 0.717) is 16.9 Å². The fourth-order valence-electron chi connectivity index (χ4n) is 3.41. The third-order valence-corrected chi connectivity index (χ3v) is 6.07. The molecule has 258 valence electrons. The van der Waals surface area contributed by atoms with E-state index >= 15 is 0 Å². The summed E-state index contributed by atoms with van der Waals surface area (Å²) in [5.41, 5.74) is 1.02. The fourth-order valence-corrected chi connectivity index (χ4v) is 3.41. The third kappa shape index (κ3) is 6.56. The monoisotopic (exact) mass is 700 g/mol. The molecule has 2 rings (SSSR count). The van der Waals surface area contributed by atoms with E-state index in [1.165, 1.54) is 18.2 Å². The summed E-state index contributed by atoms with van der Waals surface area (Å²) in [7, 11) is 0. The number of carbonyl (C=O) groups excluding carboxylic acids is 1. The molecular weight excluding hydrogens is 683 g/mol. The van der Waals surface area contributed by atoms with Gasteiger partial charge in [-0.15, -0.1) is 0 Å². The molecule has 0 spiro atoms. The number of rotatable bonds is 14. The van der Waals surface area contributed by atoms with Crippen LogP contribution in [0.25, 0.3) is 11.1 Å². The summed E-state index contributed by atoms with van der Waals surface area (Å²) >= 11 is 0. The summed E-state index contributed by atoms with van der Waals surface area (Å²) in [6.45, 7) is 3.67. The van der Waals surface area contributed by atoms with Crippen LogP contribution in [0.1, 0.15) is 12.8 Å². The van der Waals surface area contributed by atoms with Crippen molar-refractivity contribution in [3.63, 3.8) is 0 Å². The topological polar surface area (TPSA) is 35.5 Å². The summed E-state index contributed by atoms with van der Waals surface area (Å²) in [5.74, 6) is -59.1. The van der Waals surface area contributed by atoms with Gasteiger partial charge >= 0.3 is 53.6 Å². The summed E-state index contributed by atoms with van der Waals surface area (Å²) in [5, 5.41) is 0. The van der Waals surface area contributed by atoms with Gasteiger partial charge in [-0.05, 0) is 35.4 Å². The average molecular weight is 700 g/mol. The first-order valence-electron chi connectivity index (χ1n) is 12.0. The van der Waals surface area contributed by atoms with E-state index < -0.39 is 72.2 Å². The van der Waals surface area contributed by atoms with E-state index in [0.717, 1.165) is 12.1 Å². The van der Waals surface area contributed by atoms with Crippen LogP contribution in [0.4, 0.5) is 74.6 Å². The highest BCUT2D eigenvalue weighted by atomic mass is 19.4. The molecule has 46 heavy (non-hydrogen) atoms. The first kappa shape index (κ1) is 38.4. The van der Waals surface area contributed by atoms with Crippen molar-refractivity contribution in [2.45, 2.75) is 60.5 Å². The lowest BCUT2D eigenvalue weighted by molar-refractivity contribution is -0.461. The van der Waals surface area contributed by atoms with Crippen molar-refractivity contribution >= 4 is 5.97 Å². The summed E-state index contributed by atoms with van der Waals surface area (Å²) in [6.07, 6.45) is -11.3. The predicted octanol–water partition coefficient (Wildman–Crippen LogP) is 9.61. The highest BCUT2D eigenvalue weighted by molar-refractivity contribution is 5.73. The van der Waals surface area contributed by atoms with Gasteiger partial charge in [-0.2, -0.15) is 74.6 Å². The van der Waals surface area contributed by atoms with Gasteiger partial charge in [0.05, 0.1) is 6.42 Å². The maximum atomic E-state index is 14.0. The fraction of sp³-hybridized carbons (Fsp3) is 0.423. The molecule has 0 atom stereocenters. The van der Waals surface area contributed by atoms with Crippen molar-refractivity contribution < 1.29 is 88.9 Å². The quantitative estimate of drug-likeness (QED) is 0.0853. The Morgan fingerprint density at radius 1 is 0.565 bits per heavy atom. The molecular formula is C26H17F17O3. The molecule has 0 fully saturated rings. The predicted molar refractivity (Wildman–Crippen MR) is 123 cm³/mol. The number of esters is 1. The molecule has 0 aliphatic rings. The molecule has 0 unspecified atom stereocenters. The summed E-state index contributed by atoms with van der Waals surface area (Å²) < 4.78 is 237. The molecule has 0 heterocycles. The molecule has 3 nitrogen and oxygen atoms in total. The zero-order valence-corrected chi connectivity index (χ0v) is 22.2. The van der Waals surface area contributed by atoms with Crippen molar-refractivity contribution in [3.8, 4) is 22.6 Å². The van der Waals surface area contributed by atoms with Crippen LogP contribution in [0, 0.1) is 0 Å². The van der Waals surface area contributed by atoms with Gasteiger partial charge in [0, 0.05) is 6.42 Å². The van der Waals surface area contributed by atoms with E-state index in [4.69, 9.17) is 4.74 Å². The summed E-state index contributed by atoms with van der Waals surface area (Å²) in [6, 6.07) is 10.9. The highest BCUT2D eigenvalue weighted by Gasteiger charge is 2.95. The van der Waals surface area contributed by atoms with E-state index in [1.807, 2.05) is 0 Å². The van der Waals surface area contributed by atoms with Crippen molar-refractivity contribution in [1.29, 1.82) is 0 Å². The Morgan fingerprint density at radius 3 is 1.33 bits per heavy atom. The van der Waals surface area contributed by atoms with E-state index in [-0.39, 0.29) is 6.61 Å². The minimum absolute atomic E-state index is 0.208. The molecule has 0 radical (unpaired) electrons. The molecule has 0 bridgehead atoms. The molecule has 0 N–H and O–H groups in total. The Morgan fingerprint density at radius 2 is 0.935 bits per heavy atom. The molecule has 0 saturated heterocycles. The number of halogens is 17. The second-order valence-electron chi connectivity index (χ2n) is 9.27. The lowest BCUT2D eigenvalue weighted by Crippen LogP contribution is -2.74. The molecule has 2 aromatic carbocycles. The lowest BCUT2D eigenvalue weighted by atomic mass is 9.88. The van der Waals surface area contributed by atoms with Gasteiger partial charge in [0.2, 0.25) is 0 Å². The van der Waals surface area contributed by atoms with Gasteiger partial charge < -0.3 is 9.47 Å². The summed E-state index contributed by atoms with van der Waals surface area (Å²) in [4.78, 5) is 11.8. The molecule has 0 aliphatic heterocycles. The molecule has 20 heteroatoms. The third-order valence-electron chi connectivity index (χ3n) is 6.07. The van der Waals surface area contributed by atoms with Crippen LogP contribution < -0.4 is 9.47 Å². The highest BCUT2D eigenvalue weighted by Crippen LogP contribution is 2.64. The molecule has 0 amide bonds. The second-order valence-corrected chi connectivity index (χ2v) is 9.27. The maximum Gasteiger partial charge on any atom is 0.460 e. The Hall–Kier alpha value is -3.74. The minimum atomic E-state index is -8.71. The lowest BCUT2D eigenvalue weighted by Gasteiger charge is -2.42. The zero-order chi connectivity index (χ0) is 35.8. The number of benzene rings is 2. The molecule has 0 saturated carbocycles. The SMILES string of the molecule is C=CCOc1ccc(-c2ccc(OC(=O)CCC(F)(F)C(F)(F)C(F)(F)C(F)(F)C(F)(F)C(F)(F)C(F)(F)C(F)(F)F)cc2)cc1. The van der Waals surface area contributed by atoms with E-state index in [9.17, 15) is 79.4 Å². The van der Waals surface area contributed by atoms with Crippen molar-refractivity contribution in [3.05, 3.63) is 61.2 Å². The van der Waals surface area contributed by atoms with Crippen molar-refractivity contribution in [1.82, 2.24) is 0 Å². The van der Waals surface area contributed by atoms with Crippen LogP contribution in [-0.4, -0.2) is 60.2 Å². The number of carbonyl (C=O) groups is 1. The van der Waals surface area contributed by atoms with Crippen LogP contribution in [0.2, 0.25) is 0 Å². The first-order valence-corrected chi connectivity index (χ1v) is 12.0. The standard InChI is InChI=1S/C26H17F17O3/c1-2-13-45-16-7-3-14(4-8-16)15-5-9-17(10-6-15)46-18(44)11-12-19(27,28)20(29,30)21(31,32)22(33,34)23(35,36)24(37,38)25(39,40)26(41,42)43/h2-10H,1,11-13H2. The minimum Gasteiger partial charge on any atom is -0.490 e. The van der Waals surface area contributed by atoms with Gasteiger partial charge in [0.25, 0.3) is 0 Å². The van der Waals surface area contributed by atoms with E-state index in [2.05, 4.69) is 11.3 Å². The van der Waals surface area contributed by atoms with Crippen LogP contribution in [0.3, 0.4) is 0 Å². The van der Waals surface area contributed by atoms with Crippen molar-refractivity contribution in [2.75, 3.05) is 6.61 Å². The Balaban J connectivity index is 2.20. The van der Waals surface area contributed by atoms with Gasteiger partial charge in [0.1, 0.15) is 18.1 Å². The van der Waals surface area contributed by atoms with Gasteiger partial charge in [-0.1, -0.05) is 36.9 Å². The number of ether oxygens (including phenoxy) is 2. The first-order chi connectivity index (χ1) is 20.6. The largest absolute Gasteiger partial charge is 0.490 e. The Kier molecular flexibility index (Phi) is 10.4. The van der Waals surface area contributed by atoms with Gasteiger partial charge in [0.15, 0.2) is 0 Å². The number of hydrogen-bond acceptors (Lipinski definition) is 3. The van der Waals surface area contributed by atoms with Crippen LogP contribution in [0.15, 0.2) is 61.2 Å². The zero-order valence-electron chi connectivity index (χ0n) is 22.2. The molecule has 0 aliphatic carbocycles. The Labute approximate surface area is 246 Å². The van der Waals surface area contributed by atoms with Gasteiger partial charge in [-0.25, -0.2) is 0 Å². The number of alkyl halides is 17. The van der Waals surface area contributed by atoms with Crippen molar-refractivity contribution in [2.24, 2.45) is 0 Å².